The highest BCUT2D eigenvalue weighted by Gasteiger charge is 2.11. The van der Waals surface area contributed by atoms with E-state index in [1.807, 2.05) is 24.3 Å². The first-order chi connectivity index (χ1) is 13.2. The molecule has 0 N–H and O–H groups in total. The van der Waals surface area contributed by atoms with E-state index in [1.165, 1.54) is 10.8 Å². The van der Waals surface area contributed by atoms with Crippen molar-refractivity contribution in [1.82, 2.24) is 4.57 Å². The molecule has 0 unspecified atom stereocenters. The van der Waals surface area contributed by atoms with Gasteiger partial charge in [0.2, 0.25) is 0 Å². The first kappa shape index (κ1) is 18.1. The van der Waals surface area contributed by atoms with E-state index in [2.05, 4.69) is 49.8 Å². The summed E-state index contributed by atoms with van der Waals surface area (Å²) in [5.41, 5.74) is 1.64. The van der Waals surface area contributed by atoms with Gasteiger partial charge in [-0.1, -0.05) is 57.6 Å². The first-order valence-electron chi connectivity index (χ1n) is 8.52. The summed E-state index contributed by atoms with van der Waals surface area (Å²) < 4.78 is 9.39. The number of carbonyl (C=O) groups is 1. The fourth-order valence-corrected chi connectivity index (χ4v) is 4.48. The lowest BCUT2D eigenvalue weighted by atomic mass is 10.1. The monoisotopic (exact) mass is 440 g/mol. The quantitative estimate of drug-likeness (QED) is 0.447. The van der Waals surface area contributed by atoms with Crippen molar-refractivity contribution in [2.45, 2.75) is 6.54 Å². The largest absolute Gasteiger partial charge is 0.383 e. The molecule has 6 heteroatoms. The topological polar surface area (TPSA) is 43.6 Å². The number of ether oxygens (including phenoxy) is 1. The molecule has 0 atom stereocenters. The van der Waals surface area contributed by atoms with Gasteiger partial charge in [0.1, 0.15) is 0 Å². The Morgan fingerprint density at radius 1 is 1.11 bits per heavy atom. The van der Waals surface area contributed by atoms with E-state index in [-0.39, 0.29) is 5.91 Å². The molecule has 0 aliphatic carbocycles. The fraction of sp³-hybridized carbons (Fsp3) is 0.143. The van der Waals surface area contributed by atoms with Gasteiger partial charge in [-0.15, -0.1) is 0 Å². The van der Waals surface area contributed by atoms with Gasteiger partial charge in [-0.25, -0.2) is 0 Å². The molecular formula is C21H17BrN2O2S. The third-order valence-electron chi connectivity index (χ3n) is 4.38. The van der Waals surface area contributed by atoms with Crippen LogP contribution in [0.25, 0.3) is 21.0 Å². The van der Waals surface area contributed by atoms with E-state index >= 15 is 0 Å². The summed E-state index contributed by atoms with van der Waals surface area (Å²) in [6.07, 6.45) is 0. The number of amides is 1. The number of thiazole rings is 1. The summed E-state index contributed by atoms with van der Waals surface area (Å²) in [6, 6.07) is 19.7. The van der Waals surface area contributed by atoms with Crippen LogP contribution < -0.4 is 4.80 Å². The van der Waals surface area contributed by atoms with Crippen LogP contribution in [0.5, 0.6) is 0 Å². The van der Waals surface area contributed by atoms with E-state index in [0.717, 1.165) is 14.7 Å². The zero-order valence-electron chi connectivity index (χ0n) is 14.7. The molecule has 136 valence electrons. The molecule has 4 rings (SSSR count). The number of nitrogens with zero attached hydrogens (tertiary/aromatic N) is 2. The molecule has 1 heterocycles. The second-order valence-corrected chi connectivity index (χ2v) is 7.98. The second-order valence-electron chi connectivity index (χ2n) is 6.09. The first-order valence-corrected chi connectivity index (χ1v) is 10.1. The molecule has 0 saturated carbocycles. The van der Waals surface area contributed by atoms with E-state index in [1.54, 1.807) is 30.6 Å². The van der Waals surface area contributed by atoms with Gasteiger partial charge in [0.25, 0.3) is 5.91 Å². The van der Waals surface area contributed by atoms with Gasteiger partial charge in [0.05, 0.1) is 16.8 Å². The van der Waals surface area contributed by atoms with Crippen LogP contribution in [0.15, 0.2) is 70.1 Å². The summed E-state index contributed by atoms with van der Waals surface area (Å²) >= 11 is 4.93. The molecule has 0 aliphatic heterocycles. The van der Waals surface area contributed by atoms with Crippen molar-refractivity contribution in [3.8, 4) is 0 Å². The van der Waals surface area contributed by atoms with E-state index in [4.69, 9.17) is 4.74 Å². The lowest BCUT2D eigenvalue weighted by Crippen LogP contribution is -2.19. The average Bonchev–Trinajstić information content (AvgIpc) is 3.04. The maximum absolute atomic E-state index is 12.7. The maximum Gasteiger partial charge on any atom is 0.279 e. The van der Waals surface area contributed by atoms with Gasteiger partial charge in [-0.2, -0.15) is 4.99 Å². The fourth-order valence-electron chi connectivity index (χ4n) is 3.03. The minimum absolute atomic E-state index is 0.246. The summed E-state index contributed by atoms with van der Waals surface area (Å²) in [7, 11) is 1.67. The predicted molar refractivity (Wildman–Crippen MR) is 113 cm³/mol. The number of benzene rings is 3. The second kappa shape index (κ2) is 7.76. The molecule has 27 heavy (non-hydrogen) atoms. The number of carbonyl (C=O) groups excluding carboxylic acids is 1. The van der Waals surface area contributed by atoms with Gasteiger partial charge in [0.15, 0.2) is 4.80 Å². The minimum atomic E-state index is -0.246. The molecule has 1 aromatic heterocycles. The van der Waals surface area contributed by atoms with Crippen LogP contribution >= 0.6 is 27.3 Å². The summed E-state index contributed by atoms with van der Waals surface area (Å²) in [4.78, 5) is 17.8. The van der Waals surface area contributed by atoms with E-state index in [0.29, 0.717) is 23.5 Å². The van der Waals surface area contributed by atoms with Gasteiger partial charge >= 0.3 is 0 Å². The maximum atomic E-state index is 12.7. The van der Waals surface area contributed by atoms with Crippen LogP contribution in [0, 0.1) is 0 Å². The molecule has 0 spiro atoms. The predicted octanol–water partition coefficient (Wildman–Crippen LogP) is 5.01. The molecule has 0 saturated heterocycles. The third-order valence-corrected chi connectivity index (χ3v) is 6.04. The number of fused-ring (bicyclic) bond motifs is 3. The molecule has 0 aliphatic rings. The Bertz CT molecular complexity index is 1190. The normalized spacial score (nSPS) is 12.1. The van der Waals surface area contributed by atoms with Crippen molar-refractivity contribution in [1.29, 1.82) is 0 Å². The Morgan fingerprint density at radius 2 is 1.89 bits per heavy atom. The molecule has 0 radical (unpaired) electrons. The van der Waals surface area contributed by atoms with Gasteiger partial charge in [-0.05, 0) is 35.7 Å². The Hall–Kier alpha value is -2.28. The lowest BCUT2D eigenvalue weighted by molar-refractivity contribution is 0.0997. The highest BCUT2D eigenvalue weighted by atomic mass is 79.9. The van der Waals surface area contributed by atoms with Crippen molar-refractivity contribution in [3.63, 3.8) is 0 Å². The summed E-state index contributed by atoms with van der Waals surface area (Å²) in [5, 5.41) is 2.35. The molecule has 1 amide bonds. The molecular weight excluding hydrogens is 424 g/mol. The zero-order valence-corrected chi connectivity index (χ0v) is 17.1. The minimum Gasteiger partial charge on any atom is -0.383 e. The van der Waals surface area contributed by atoms with Crippen LogP contribution in [0.2, 0.25) is 0 Å². The van der Waals surface area contributed by atoms with Gasteiger partial charge in [0, 0.05) is 29.1 Å². The lowest BCUT2D eigenvalue weighted by Gasteiger charge is -2.05. The van der Waals surface area contributed by atoms with E-state index in [9.17, 15) is 4.79 Å². The van der Waals surface area contributed by atoms with Crippen LogP contribution in [0.1, 0.15) is 10.4 Å². The highest BCUT2D eigenvalue weighted by molar-refractivity contribution is 9.10. The van der Waals surface area contributed by atoms with Gasteiger partial charge in [-0.3, -0.25) is 4.79 Å². The Balaban J connectivity index is 1.91. The number of halogens is 1. The van der Waals surface area contributed by atoms with Crippen molar-refractivity contribution in [2.75, 3.05) is 13.7 Å². The summed E-state index contributed by atoms with van der Waals surface area (Å²) in [5.74, 6) is -0.246. The molecule has 0 fully saturated rings. The zero-order chi connectivity index (χ0) is 18.8. The molecule has 0 bridgehead atoms. The van der Waals surface area contributed by atoms with Gasteiger partial charge < -0.3 is 9.30 Å². The van der Waals surface area contributed by atoms with Crippen LogP contribution in [-0.4, -0.2) is 24.2 Å². The number of rotatable bonds is 4. The highest BCUT2D eigenvalue weighted by Crippen LogP contribution is 2.27. The molecule has 3 aromatic carbocycles. The Morgan fingerprint density at radius 3 is 2.67 bits per heavy atom. The third kappa shape index (κ3) is 3.60. The van der Waals surface area contributed by atoms with Crippen LogP contribution in [0.3, 0.4) is 0 Å². The van der Waals surface area contributed by atoms with Crippen LogP contribution in [0.4, 0.5) is 0 Å². The average molecular weight is 441 g/mol. The van der Waals surface area contributed by atoms with Crippen molar-refractivity contribution >= 4 is 54.2 Å². The SMILES string of the molecule is COCCn1c(=NC(=O)c2ccc(Br)cc2)sc2c3ccccc3ccc21. The smallest absolute Gasteiger partial charge is 0.279 e. The number of hydrogen-bond donors (Lipinski definition) is 0. The van der Waals surface area contributed by atoms with E-state index < -0.39 is 0 Å². The van der Waals surface area contributed by atoms with Crippen molar-refractivity contribution in [2.24, 2.45) is 4.99 Å². The molecule has 4 nitrogen and oxygen atoms in total. The van der Waals surface area contributed by atoms with Crippen molar-refractivity contribution in [3.05, 3.63) is 75.5 Å². The summed E-state index contributed by atoms with van der Waals surface area (Å²) in [6.45, 7) is 1.19. The Labute approximate surface area is 168 Å². The number of methoxy groups -OCH3 is 1. The number of aromatic nitrogens is 1. The standard InChI is InChI=1S/C21H17BrN2O2S/c1-26-13-12-24-18-11-8-14-4-2-3-5-17(14)19(18)27-21(24)23-20(25)15-6-9-16(22)10-7-15/h2-11H,12-13H2,1H3. The number of hydrogen-bond acceptors (Lipinski definition) is 3. The molecule has 4 aromatic rings. The van der Waals surface area contributed by atoms with Crippen molar-refractivity contribution < 1.29 is 9.53 Å². The Kier molecular flexibility index (Phi) is 5.20. The van der Waals surface area contributed by atoms with Crippen LogP contribution in [-0.2, 0) is 11.3 Å².